The van der Waals surface area contributed by atoms with Crippen molar-refractivity contribution in [3.63, 3.8) is 0 Å². The highest BCUT2D eigenvalue weighted by Gasteiger charge is 2.17. The normalized spacial score (nSPS) is 11.5. The molecule has 0 bridgehead atoms. The van der Waals surface area contributed by atoms with E-state index in [4.69, 9.17) is 20.8 Å². The first-order valence-electron chi connectivity index (χ1n) is 6.49. The van der Waals surface area contributed by atoms with Crippen molar-refractivity contribution in [2.75, 3.05) is 0 Å². The highest BCUT2D eigenvalue weighted by molar-refractivity contribution is 7.87. The molecule has 0 radical (unpaired) electrons. The van der Waals surface area contributed by atoms with E-state index in [-0.39, 0.29) is 10.6 Å². The van der Waals surface area contributed by atoms with Crippen LogP contribution in [0.25, 0.3) is 11.0 Å². The van der Waals surface area contributed by atoms with Gasteiger partial charge in [-0.25, -0.2) is 0 Å². The van der Waals surface area contributed by atoms with Crippen molar-refractivity contribution in [2.45, 2.75) is 11.8 Å². The summed E-state index contributed by atoms with van der Waals surface area (Å²) in [6.07, 6.45) is 0. The second-order valence-corrected chi connectivity index (χ2v) is 6.75. The molecule has 0 saturated heterocycles. The quantitative estimate of drug-likeness (QED) is 0.530. The second kappa shape index (κ2) is 5.55. The average molecular weight is 332 g/mol. The van der Waals surface area contributed by atoms with E-state index >= 15 is 0 Å². The minimum absolute atomic E-state index is 0.0629. The number of fused-ring (bicyclic) bond motifs is 1. The molecule has 3 rings (SSSR count). The summed E-state index contributed by atoms with van der Waals surface area (Å²) in [6, 6.07) is 14.6. The first-order chi connectivity index (χ1) is 10.4. The maximum Gasteiger partial charge on any atom is 0.339 e. The van der Waals surface area contributed by atoms with Crippen LogP contribution in [0.3, 0.4) is 0 Å². The summed E-state index contributed by atoms with van der Waals surface area (Å²) in [5.41, 5.74) is 1.55. The van der Waals surface area contributed by atoms with Crippen molar-refractivity contribution in [3.8, 4) is 5.75 Å². The monoisotopic (exact) mass is 332 g/mol. The minimum Gasteiger partial charge on any atom is -0.445 e. The van der Waals surface area contributed by atoms with E-state index in [0.29, 0.717) is 15.7 Å². The van der Waals surface area contributed by atoms with Crippen molar-refractivity contribution in [3.05, 3.63) is 64.9 Å². The van der Waals surface area contributed by atoms with Gasteiger partial charge in [0.1, 0.15) is 16.2 Å². The molecular weight excluding hydrogens is 320 g/mol. The van der Waals surface area contributed by atoms with Crippen molar-refractivity contribution in [2.24, 2.45) is 0 Å². The van der Waals surface area contributed by atoms with Crippen LogP contribution in [0.4, 0.5) is 0 Å². The van der Waals surface area contributed by atoms with E-state index in [1.807, 2.05) is 6.92 Å². The molecule has 0 saturated carbocycles. The summed E-state index contributed by atoms with van der Waals surface area (Å²) in [5.74, 6) is 0.274. The van der Waals surface area contributed by atoms with Gasteiger partial charge in [0, 0.05) is 5.39 Å². The van der Waals surface area contributed by atoms with Gasteiger partial charge in [-0.15, -0.1) is 0 Å². The van der Waals surface area contributed by atoms with Gasteiger partial charge in [0.15, 0.2) is 4.71 Å². The fraction of sp³-hybridized carbons (Fsp3) is 0.0625. The Balaban J connectivity index is 1.99. The lowest BCUT2D eigenvalue weighted by Gasteiger charge is -2.08. The van der Waals surface area contributed by atoms with Crippen LogP contribution in [-0.2, 0) is 10.1 Å². The van der Waals surface area contributed by atoms with Crippen LogP contribution >= 0.6 is 12.2 Å². The molecule has 0 fully saturated rings. The molecule has 0 aliphatic rings. The Bertz CT molecular complexity index is 987. The highest BCUT2D eigenvalue weighted by atomic mass is 32.2. The molecule has 22 heavy (non-hydrogen) atoms. The maximum atomic E-state index is 12.3. The number of hydrogen-bond acceptors (Lipinski definition) is 5. The summed E-state index contributed by atoms with van der Waals surface area (Å²) in [4.78, 5) is 0.0629. The molecule has 0 unspecified atom stereocenters. The van der Waals surface area contributed by atoms with E-state index in [0.717, 1.165) is 5.56 Å². The Hall–Kier alpha value is -2.18. The van der Waals surface area contributed by atoms with Gasteiger partial charge in [-0.05, 0) is 61.6 Å². The zero-order chi connectivity index (χ0) is 15.7. The predicted molar refractivity (Wildman–Crippen MR) is 86.0 cm³/mol. The van der Waals surface area contributed by atoms with Gasteiger partial charge in [-0.3, -0.25) is 0 Å². The minimum atomic E-state index is -3.90. The third-order valence-corrected chi connectivity index (χ3v) is 4.57. The first-order valence-corrected chi connectivity index (χ1v) is 8.31. The summed E-state index contributed by atoms with van der Waals surface area (Å²) in [6.45, 7) is 1.92. The van der Waals surface area contributed by atoms with Crippen molar-refractivity contribution in [1.82, 2.24) is 0 Å². The Kier molecular flexibility index (Phi) is 3.72. The lowest BCUT2D eigenvalue weighted by Crippen LogP contribution is -2.09. The van der Waals surface area contributed by atoms with Gasteiger partial charge in [0.2, 0.25) is 0 Å². The molecule has 0 spiro atoms. The molecule has 0 N–H and O–H groups in total. The molecule has 0 aliphatic heterocycles. The van der Waals surface area contributed by atoms with Crippen molar-refractivity contribution < 1.29 is 17.0 Å². The Morgan fingerprint density at radius 2 is 1.73 bits per heavy atom. The summed E-state index contributed by atoms with van der Waals surface area (Å²) in [5, 5.41) is 0.641. The summed E-state index contributed by atoms with van der Waals surface area (Å²) >= 11 is 4.93. The lowest BCUT2D eigenvalue weighted by atomic mass is 10.2. The Morgan fingerprint density at radius 3 is 2.45 bits per heavy atom. The smallest absolute Gasteiger partial charge is 0.339 e. The third-order valence-electron chi connectivity index (χ3n) is 3.11. The van der Waals surface area contributed by atoms with Gasteiger partial charge in [0.05, 0.1) is 0 Å². The van der Waals surface area contributed by atoms with E-state index in [1.54, 1.807) is 42.5 Å². The van der Waals surface area contributed by atoms with E-state index in [2.05, 4.69) is 0 Å². The molecule has 112 valence electrons. The van der Waals surface area contributed by atoms with Crippen LogP contribution in [0, 0.1) is 11.6 Å². The SMILES string of the molecule is Cc1ccc(OS(=O)(=O)c2ccc3oc(=S)ccc3c2)cc1. The van der Waals surface area contributed by atoms with Crippen LogP contribution in [0.2, 0.25) is 0 Å². The van der Waals surface area contributed by atoms with E-state index in [9.17, 15) is 8.42 Å². The largest absolute Gasteiger partial charge is 0.445 e. The van der Waals surface area contributed by atoms with Crippen LogP contribution in [0.1, 0.15) is 5.56 Å². The van der Waals surface area contributed by atoms with Crippen LogP contribution in [0.5, 0.6) is 5.75 Å². The number of rotatable bonds is 3. The highest BCUT2D eigenvalue weighted by Crippen LogP contribution is 2.23. The fourth-order valence-corrected chi connectivity index (χ4v) is 3.10. The van der Waals surface area contributed by atoms with Gasteiger partial charge < -0.3 is 8.60 Å². The topological polar surface area (TPSA) is 56.5 Å². The van der Waals surface area contributed by atoms with Crippen LogP contribution in [-0.4, -0.2) is 8.42 Å². The molecular formula is C16H12O4S2. The molecule has 0 aliphatic carbocycles. The zero-order valence-electron chi connectivity index (χ0n) is 11.6. The van der Waals surface area contributed by atoms with Gasteiger partial charge in [0.25, 0.3) is 0 Å². The predicted octanol–water partition coefficient (Wildman–Crippen LogP) is 4.24. The zero-order valence-corrected chi connectivity index (χ0v) is 13.3. The standard InChI is InChI=1S/C16H12O4S2/c1-11-2-5-13(6-3-11)20-22(17,18)14-7-8-15-12(10-14)4-9-16(21)19-15/h2-10H,1H3. The van der Waals surface area contributed by atoms with Gasteiger partial charge in [-0.1, -0.05) is 17.7 Å². The second-order valence-electron chi connectivity index (χ2n) is 4.80. The van der Waals surface area contributed by atoms with Crippen molar-refractivity contribution >= 4 is 33.3 Å². The Morgan fingerprint density at radius 1 is 1.00 bits per heavy atom. The van der Waals surface area contributed by atoms with Gasteiger partial charge in [-0.2, -0.15) is 8.42 Å². The van der Waals surface area contributed by atoms with Crippen LogP contribution < -0.4 is 4.18 Å². The molecule has 1 heterocycles. The Labute approximate surface area is 133 Å². The molecule has 0 atom stereocenters. The lowest BCUT2D eigenvalue weighted by molar-refractivity contribution is 0.486. The molecule has 6 heteroatoms. The average Bonchev–Trinajstić information content (AvgIpc) is 2.49. The number of hydrogen-bond donors (Lipinski definition) is 0. The van der Waals surface area contributed by atoms with E-state index in [1.165, 1.54) is 12.1 Å². The molecule has 3 aromatic rings. The maximum absolute atomic E-state index is 12.3. The van der Waals surface area contributed by atoms with E-state index < -0.39 is 10.1 Å². The molecule has 0 amide bonds. The van der Waals surface area contributed by atoms with Gasteiger partial charge >= 0.3 is 10.1 Å². The van der Waals surface area contributed by atoms with Crippen LogP contribution in [0.15, 0.2) is 63.9 Å². The summed E-state index contributed by atoms with van der Waals surface area (Å²) < 4.78 is 35.5. The first kappa shape index (κ1) is 14.7. The number of aryl methyl sites for hydroxylation is 1. The molecule has 1 aromatic heterocycles. The summed E-state index contributed by atoms with van der Waals surface area (Å²) in [7, 11) is -3.90. The fourth-order valence-electron chi connectivity index (χ4n) is 1.97. The van der Waals surface area contributed by atoms with Crippen molar-refractivity contribution in [1.29, 1.82) is 0 Å². The molecule has 2 aromatic carbocycles. The third kappa shape index (κ3) is 3.03. The number of benzene rings is 2. The molecule has 4 nitrogen and oxygen atoms in total.